The van der Waals surface area contributed by atoms with Crippen LogP contribution in [0.3, 0.4) is 0 Å². The highest BCUT2D eigenvalue weighted by Crippen LogP contribution is 2.51. The van der Waals surface area contributed by atoms with E-state index in [1.807, 2.05) is 0 Å². The van der Waals surface area contributed by atoms with Gasteiger partial charge in [-0.25, -0.2) is 4.79 Å². The van der Waals surface area contributed by atoms with Gasteiger partial charge in [0.2, 0.25) is 5.91 Å². The van der Waals surface area contributed by atoms with Crippen LogP contribution in [-0.4, -0.2) is 67.7 Å². The summed E-state index contributed by atoms with van der Waals surface area (Å²) in [7, 11) is 0. The minimum Gasteiger partial charge on any atom is -0.450 e. The van der Waals surface area contributed by atoms with Crippen LogP contribution in [0.1, 0.15) is 50.7 Å². The van der Waals surface area contributed by atoms with E-state index in [9.17, 15) is 22.8 Å². The van der Waals surface area contributed by atoms with Crippen molar-refractivity contribution in [2.24, 2.45) is 5.92 Å². The molecule has 0 aromatic heterocycles. The zero-order valence-corrected chi connectivity index (χ0v) is 19.3. The zero-order valence-electron chi connectivity index (χ0n) is 19.3. The lowest BCUT2D eigenvalue weighted by molar-refractivity contribution is -0.137. The molecule has 3 aliphatic rings. The van der Waals surface area contributed by atoms with Gasteiger partial charge in [-0.05, 0) is 63.2 Å². The third-order valence-electron chi connectivity index (χ3n) is 7.49. The van der Waals surface area contributed by atoms with Crippen LogP contribution in [0, 0.1) is 5.92 Å². The number of fused-ring (bicyclic) bond motifs is 2. The SMILES string of the molecule is CCOC(=O)N1CCC(CN2CCC3(CC2)CN(C(C)=O)c2c(C(F)(F)F)cccc23)CC1. The average Bonchev–Trinajstić information content (AvgIpc) is 3.10. The molecule has 0 aliphatic carbocycles. The molecule has 2 amide bonds. The minimum absolute atomic E-state index is 0.0530. The Kier molecular flexibility index (Phi) is 6.62. The topological polar surface area (TPSA) is 53.1 Å². The van der Waals surface area contributed by atoms with Crippen molar-refractivity contribution in [1.82, 2.24) is 9.80 Å². The molecule has 0 N–H and O–H groups in total. The summed E-state index contributed by atoms with van der Waals surface area (Å²) in [6.45, 7) is 7.74. The van der Waals surface area contributed by atoms with E-state index in [2.05, 4.69) is 4.90 Å². The monoisotopic (exact) mass is 467 g/mol. The van der Waals surface area contributed by atoms with Crippen molar-refractivity contribution in [3.63, 3.8) is 0 Å². The van der Waals surface area contributed by atoms with E-state index in [1.54, 1.807) is 17.9 Å². The highest BCUT2D eigenvalue weighted by Gasteiger charge is 2.49. The number of likely N-dealkylation sites (tertiary alicyclic amines) is 2. The van der Waals surface area contributed by atoms with Crippen molar-refractivity contribution in [2.45, 2.75) is 51.1 Å². The molecule has 6 nitrogen and oxygen atoms in total. The highest BCUT2D eigenvalue weighted by atomic mass is 19.4. The van der Waals surface area contributed by atoms with Crippen LogP contribution in [0.4, 0.5) is 23.7 Å². The van der Waals surface area contributed by atoms with Gasteiger partial charge in [0.15, 0.2) is 0 Å². The lowest BCUT2D eigenvalue weighted by Gasteiger charge is -2.42. The number of alkyl halides is 3. The van der Waals surface area contributed by atoms with Crippen LogP contribution in [0.15, 0.2) is 18.2 Å². The summed E-state index contributed by atoms with van der Waals surface area (Å²) < 4.78 is 46.2. The number of halogens is 3. The Hall–Kier alpha value is -2.29. The van der Waals surface area contributed by atoms with E-state index in [0.29, 0.717) is 37.7 Å². The number of carbonyl (C=O) groups is 2. The molecule has 1 aromatic carbocycles. The van der Waals surface area contributed by atoms with Crippen molar-refractivity contribution in [2.75, 3.05) is 50.8 Å². The molecule has 182 valence electrons. The second kappa shape index (κ2) is 9.16. The third-order valence-corrected chi connectivity index (χ3v) is 7.49. The van der Waals surface area contributed by atoms with Crippen LogP contribution in [0.5, 0.6) is 0 Å². The van der Waals surface area contributed by atoms with Crippen molar-refractivity contribution in [3.8, 4) is 0 Å². The summed E-state index contributed by atoms with van der Waals surface area (Å²) in [6, 6.07) is 4.32. The largest absolute Gasteiger partial charge is 0.450 e. The van der Waals surface area contributed by atoms with E-state index in [-0.39, 0.29) is 17.7 Å². The molecule has 0 atom stereocenters. The Labute approximate surface area is 192 Å². The number of para-hydroxylation sites is 1. The van der Waals surface area contributed by atoms with E-state index in [0.717, 1.165) is 51.4 Å². The molecule has 2 fully saturated rings. The summed E-state index contributed by atoms with van der Waals surface area (Å²) in [4.78, 5) is 29.6. The third kappa shape index (κ3) is 4.69. The van der Waals surface area contributed by atoms with E-state index >= 15 is 0 Å². The Balaban J connectivity index is 1.41. The van der Waals surface area contributed by atoms with Crippen LogP contribution in [0.25, 0.3) is 0 Å². The van der Waals surface area contributed by atoms with Gasteiger partial charge >= 0.3 is 12.3 Å². The first-order chi connectivity index (χ1) is 15.6. The van der Waals surface area contributed by atoms with Gasteiger partial charge in [0.1, 0.15) is 0 Å². The van der Waals surface area contributed by atoms with Gasteiger partial charge in [0, 0.05) is 38.5 Å². The van der Waals surface area contributed by atoms with Crippen LogP contribution in [0.2, 0.25) is 0 Å². The molecule has 9 heteroatoms. The summed E-state index contributed by atoms with van der Waals surface area (Å²) in [6.07, 6.45) is -1.43. The normalized spacial score (nSPS) is 21.4. The summed E-state index contributed by atoms with van der Waals surface area (Å²) in [5, 5.41) is 0. The molecule has 3 heterocycles. The number of benzene rings is 1. The quantitative estimate of drug-likeness (QED) is 0.666. The highest BCUT2D eigenvalue weighted by molar-refractivity contribution is 5.96. The molecule has 2 saturated heterocycles. The summed E-state index contributed by atoms with van der Waals surface area (Å²) >= 11 is 0. The molecule has 0 unspecified atom stereocenters. The number of hydrogen-bond donors (Lipinski definition) is 0. The van der Waals surface area contributed by atoms with Crippen molar-refractivity contribution in [1.29, 1.82) is 0 Å². The number of nitrogens with zero attached hydrogens (tertiary/aromatic N) is 3. The molecular weight excluding hydrogens is 435 g/mol. The predicted octanol–water partition coefficient (Wildman–Crippen LogP) is 4.27. The maximum absolute atomic E-state index is 13.7. The Bertz CT molecular complexity index is 889. The molecule has 0 radical (unpaired) electrons. The number of ether oxygens (including phenoxy) is 1. The zero-order chi connectivity index (χ0) is 23.8. The van der Waals surface area contributed by atoms with Crippen molar-refractivity contribution in [3.05, 3.63) is 29.3 Å². The molecule has 0 bridgehead atoms. The fraction of sp³-hybridized carbons (Fsp3) is 0.667. The lowest BCUT2D eigenvalue weighted by atomic mass is 9.73. The fourth-order valence-corrected chi connectivity index (χ4v) is 5.70. The van der Waals surface area contributed by atoms with Gasteiger partial charge in [0.25, 0.3) is 0 Å². The fourth-order valence-electron chi connectivity index (χ4n) is 5.70. The van der Waals surface area contributed by atoms with Crippen LogP contribution < -0.4 is 4.90 Å². The Morgan fingerprint density at radius 2 is 1.79 bits per heavy atom. The smallest absolute Gasteiger partial charge is 0.418 e. The Morgan fingerprint density at radius 1 is 1.12 bits per heavy atom. The van der Waals surface area contributed by atoms with Gasteiger partial charge in [-0.1, -0.05) is 12.1 Å². The maximum Gasteiger partial charge on any atom is 0.418 e. The van der Waals surface area contributed by atoms with E-state index < -0.39 is 17.2 Å². The molecule has 3 aliphatic heterocycles. The molecule has 0 saturated carbocycles. The molecule has 1 aromatic rings. The first-order valence-electron chi connectivity index (χ1n) is 11.8. The number of rotatable bonds is 3. The average molecular weight is 468 g/mol. The molecule has 1 spiro atoms. The number of anilines is 1. The second-order valence-electron chi connectivity index (χ2n) is 9.51. The van der Waals surface area contributed by atoms with E-state index in [4.69, 9.17) is 4.74 Å². The number of amides is 2. The van der Waals surface area contributed by atoms with Gasteiger partial charge < -0.3 is 19.4 Å². The molecule has 33 heavy (non-hydrogen) atoms. The predicted molar refractivity (Wildman–Crippen MR) is 118 cm³/mol. The van der Waals surface area contributed by atoms with Crippen LogP contribution >= 0.6 is 0 Å². The second-order valence-corrected chi connectivity index (χ2v) is 9.51. The van der Waals surface area contributed by atoms with Crippen LogP contribution in [-0.2, 0) is 21.1 Å². The summed E-state index contributed by atoms with van der Waals surface area (Å²) in [5.41, 5.74) is -0.429. The van der Waals surface area contributed by atoms with Crippen molar-refractivity contribution < 1.29 is 27.5 Å². The van der Waals surface area contributed by atoms with Gasteiger partial charge in [-0.2, -0.15) is 13.2 Å². The number of hydrogen-bond acceptors (Lipinski definition) is 4. The summed E-state index contributed by atoms with van der Waals surface area (Å²) in [5.74, 6) is 0.145. The lowest BCUT2D eigenvalue weighted by Crippen LogP contribution is -2.48. The Morgan fingerprint density at radius 3 is 2.36 bits per heavy atom. The minimum atomic E-state index is -4.50. The maximum atomic E-state index is 13.7. The molecule has 4 rings (SSSR count). The number of carbonyl (C=O) groups excluding carboxylic acids is 2. The van der Waals surface area contributed by atoms with Gasteiger partial charge in [-0.3, -0.25) is 4.79 Å². The van der Waals surface area contributed by atoms with Gasteiger partial charge in [0.05, 0.1) is 17.9 Å². The first kappa shape index (κ1) is 23.9. The first-order valence-corrected chi connectivity index (χ1v) is 11.8. The number of piperidine rings is 2. The van der Waals surface area contributed by atoms with Gasteiger partial charge in [-0.15, -0.1) is 0 Å². The van der Waals surface area contributed by atoms with E-state index in [1.165, 1.54) is 17.9 Å². The standard InChI is InChI=1S/C24H32F3N3O3/c1-3-33-22(32)29-11-7-18(8-12-29)15-28-13-9-23(10-14-28)16-30(17(2)31)21-19(23)5-4-6-20(21)24(25,26)27/h4-6,18H,3,7-16H2,1-2H3. The molecular formula is C24H32F3N3O3. The van der Waals surface area contributed by atoms with Crippen molar-refractivity contribution >= 4 is 17.7 Å².